The van der Waals surface area contributed by atoms with Gasteiger partial charge in [0, 0.05) is 30.1 Å². The van der Waals surface area contributed by atoms with E-state index in [1.807, 2.05) is 13.8 Å². The van der Waals surface area contributed by atoms with Gasteiger partial charge in [-0.2, -0.15) is 5.10 Å². The maximum Gasteiger partial charge on any atom is 0.258 e. The molecule has 166 valence electrons. The van der Waals surface area contributed by atoms with Crippen LogP contribution in [0.25, 0.3) is 5.65 Å². The highest BCUT2D eigenvalue weighted by Gasteiger charge is 2.41. The zero-order chi connectivity index (χ0) is 22.1. The molecule has 0 spiro atoms. The molecule has 3 aliphatic heterocycles. The number of carbonyl (C=O) groups excluding carboxylic acids is 1. The Hall–Kier alpha value is -2.71. The SMILES string of the molecule is Cc1nc2c3c(nn2c(C)c1Cl)CN(C(=O)c1ccc(F)cc1O[C@H]1C[C@@H]2CC[C@@H]1N2)C3. The molecule has 0 radical (unpaired) electrons. The van der Waals surface area contributed by atoms with Crippen molar-refractivity contribution in [1.82, 2.24) is 24.8 Å². The van der Waals surface area contributed by atoms with Gasteiger partial charge in [0.1, 0.15) is 17.7 Å². The standard InChI is InChI=1S/C23H23ClFN5O2/c1-11-21(24)12(2)30-22(26-11)16-9-29(10-18(16)28-30)23(31)15-5-3-13(25)7-19(15)32-20-8-14-4-6-17(20)27-14/h3,5,7,14,17,20,27H,4,6,8-10H2,1-2H3/t14-,17-,20-/m0/s1. The van der Waals surface area contributed by atoms with Crippen LogP contribution >= 0.6 is 11.6 Å². The Morgan fingerprint density at radius 2 is 2.12 bits per heavy atom. The lowest BCUT2D eigenvalue weighted by Crippen LogP contribution is -2.33. The van der Waals surface area contributed by atoms with Crippen molar-refractivity contribution in [3.05, 3.63) is 57.2 Å². The summed E-state index contributed by atoms with van der Waals surface area (Å²) in [6, 6.07) is 4.86. The average molecular weight is 456 g/mol. The van der Waals surface area contributed by atoms with Crippen LogP contribution < -0.4 is 10.1 Å². The normalized spacial score (nSPS) is 23.9. The van der Waals surface area contributed by atoms with E-state index in [4.69, 9.17) is 16.3 Å². The van der Waals surface area contributed by atoms with Gasteiger partial charge < -0.3 is 15.0 Å². The van der Waals surface area contributed by atoms with Crippen LogP contribution in [-0.2, 0) is 13.1 Å². The molecule has 1 aromatic carbocycles. The Bertz CT molecular complexity index is 1280. The second-order valence-electron chi connectivity index (χ2n) is 9.00. The lowest BCUT2D eigenvalue weighted by atomic mass is 9.97. The number of benzene rings is 1. The van der Waals surface area contributed by atoms with Crippen LogP contribution in [0.15, 0.2) is 18.2 Å². The summed E-state index contributed by atoms with van der Waals surface area (Å²) in [5.74, 6) is -0.304. The summed E-state index contributed by atoms with van der Waals surface area (Å²) in [7, 11) is 0. The number of hydrogen-bond acceptors (Lipinski definition) is 5. The summed E-state index contributed by atoms with van der Waals surface area (Å²) < 4.78 is 22.0. The number of nitrogens with zero attached hydrogens (tertiary/aromatic N) is 4. The minimum atomic E-state index is -0.415. The van der Waals surface area contributed by atoms with Gasteiger partial charge >= 0.3 is 0 Å². The summed E-state index contributed by atoms with van der Waals surface area (Å²) in [6.07, 6.45) is 3.03. The number of rotatable bonds is 3. The molecule has 6 rings (SSSR count). The van der Waals surface area contributed by atoms with Gasteiger partial charge in [0.15, 0.2) is 5.65 Å². The van der Waals surface area contributed by atoms with Crippen LogP contribution in [-0.4, -0.2) is 43.6 Å². The fraction of sp³-hybridized carbons (Fsp3) is 0.435. The Morgan fingerprint density at radius 1 is 1.28 bits per heavy atom. The molecule has 0 unspecified atom stereocenters. The van der Waals surface area contributed by atoms with Crippen molar-refractivity contribution in [1.29, 1.82) is 0 Å². The van der Waals surface area contributed by atoms with E-state index in [9.17, 15) is 9.18 Å². The van der Waals surface area contributed by atoms with Crippen LogP contribution in [0.3, 0.4) is 0 Å². The minimum Gasteiger partial charge on any atom is -0.488 e. The Balaban J connectivity index is 1.29. The van der Waals surface area contributed by atoms with E-state index in [0.29, 0.717) is 35.5 Å². The van der Waals surface area contributed by atoms with Crippen molar-refractivity contribution >= 4 is 23.2 Å². The molecule has 2 fully saturated rings. The smallest absolute Gasteiger partial charge is 0.258 e. The van der Waals surface area contributed by atoms with Crippen molar-refractivity contribution in [2.75, 3.05) is 0 Å². The molecule has 2 saturated heterocycles. The van der Waals surface area contributed by atoms with E-state index in [1.54, 1.807) is 9.42 Å². The number of amides is 1. The third-order valence-corrected chi connectivity index (χ3v) is 7.48. The molecule has 7 nitrogen and oxygen atoms in total. The molecule has 3 aromatic rings. The first kappa shape index (κ1) is 19.9. The maximum absolute atomic E-state index is 14.0. The molecule has 9 heteroatoms. The molecular weight excluding hydrogens is 433 g/mol. The van der Waals surface area contributed by atoms with E-state index in [-0.39, 0.29) is 18.1 Å². The predicted octanol–water partition coefficient (Wildman–Crippen LogP) is 3.57. The first-order valence-electron chi connectivity index (χ1n) is 10.9. The summed E-state index contributed by atoms with van der Waals surface area (Å²) in [6.45, 7) is 4.51. The molecule has 1 N–H and O–H groups in total. The Labute approximate surface area is 189 Å². The molecule has 3 atom stereocenters. The molecule has 2 aromatic heterocycles. The number of fused-ring (bicyclic) bond motifs is 5. The van der Waals surface area contributed by atoms with Gasteiger partial charge in [0.05, 0.1) is 40.8 Å². The van der Waals surface area contributed by atoms with Crippen LogP contribution in [0.5, 0.6) is 5.75 Å². The number of halogens is 2. The highest BCUT2D eigenvalue weighted by Crippen LogP contribution is 2.35. The molecule has 1 amide bonds. The number of aryl methyl sites for hydroxylation is 2. The molecule has 3 aliphatic rings. The van der Waals surface area contributed by atoms with Crippen molar-refractivity contribution in [3.8, 4) is 5.75 Å². The van der Waals surface area contributed by atoms with Crippen LogP contribution in [0.4, 0.5) is 4.39 Å². The Morgan fingerprint density at radius 3 is 2.88 bits per heavy atom. The molecule has 32 heavy (non-hydrogen) atoms. The van der Waals surface area contributed by atoms with Crippen molar-refractivity contribution in [2.24, 2.45) is 0 Å². The largest absolute Gasteiger partial charge is 0.488 e. The van der Waals surface area contributed by atoms with E-state index in [0.717, 1.165) is 47.6 Å². The summed E-state index contributed by atoms with van der Waals surface area (Å²) >= 11 is 6.33. The summed E-state index contributed by atoms with van der Waals surface area (Å²) in [5, 5.41) is 8.75. The van der Waals surface area contributed by atoms with Gasteiger partial charge in [-0.1, -0.05) is 11.6 Å². The Kier molecular flexibility index (Phi) is 4.45. The predicted molar refractivity (Wildman–Crippen MR) is 116 cm³/mol. The van der Waals surface area contributed by atoms with Crippen molar-refractivity contribution < 1.29 is 13.9 Å². The van der Waals surface area contributed by atoms with Crippen molar-refractivity contribution in [2.45, 2.75) is 64.4 Å². The van der Waals surface area contributed by atoms with Gasteiger partial charge in [-0.05, 0) is 38.8 Å². The van der Waals surface area contributed by atoms with Crippen LogP contribution in [0, 0.1) is 19.7 Å². The molecule has 0 saturated carbocycles. The highest BCUT2D eigenvalue weighted by molar-refractivity contribution is 6.31. The molecule has 5 heterocycles. The van der Waals surface area contributed by atoms with Crippen LogP contribution in [0.1, 0.15) is 52.3 Å². The molecule has 2 bridgehead atoms. The number of nitrogens with one attached hydrogen (secondary N) is 1. The monoisotopic (exact) mass is 455 g/mol. The van der Waals surface area contributed by atoms with Gasteiger partial charge in [-0.15, -0.1) is 0 Å². The highest BCUT2D eigenvalue weighted by atomic mass is 35.5. The zero-order valence-corrected chi connectivity index (χ0v) is 18.6. The second kappa shape index (κ2) is 7.15. The van der Waals surface area contributed by atoms with E-state index >= 15 is 0 Å². The fourth-order valence-electron chi connectivity index (χ4n) is 5.26. The van der Waals surface area contributed by atoms with Gasteiger partial charge in [-0.3, -0.25) is 4.79 Å². The first-order chi connectivity index (χ1) is 15.4. The van der Waals surface area contributed by atoms with Crippen LogP contribution in [0.2, 0.25) is 5.02 Å². The number of ether oxygens (including phenoxy) is 1. The average Bonchev–Trinajstić information content (AvgIpc) is 3.53. The number of aromatic nitrogens is 3. The maximum atomic E-state index is 14.0. The molecular formula is C23H23ClFN5O2. The van der Waals surface area contributed by atoms with E-state index in [1.165, 1.54) is 18.2 Å². The second-order valence-corrected chi connectivity index (χ2v) is 9.38. The first-order valence-corrected chi connectivity index (χ1v) is 11.3. The van der Waals surface area contributed by atoms with Gasteiger partial charge in [0.2, 0.25) is 0 Å². The van der Waals surface area contributed by atoms with E-state index < -0.39 is 5.82 Å². The fourth-order valence-corrected chi connectivity index (χ4v) is 5.39. The number of hydrogen-bond donors (Lipinski definition) is 1. The zero-order valence-electron chi connectivity index (χ0n) is 17.9. The molecule has 0 aliphatic carbocycles. The topological polar surface area (TPSA) is 71.8 Å². The third-order valence-electron chi connectivity index (χ3n) is 6.94. The lowest BCUT2D eigenvalue weighted by Gasteiger charge is -2.24. The summed E-state index contributed by atoms with van der Waals surface area (Å²) in [5.41, 5.74) is 4.38. The quantitative estimate of drug-likeness (QED) is 0.653. The lowest BCUT2D eigenvalue weighted by molar-refractivity contribution is 0.0740. The van der Waals surface area contributed by atoms with Gasteiger partial charge in [-0.25, -0.2) is 13.9 Å². The van der Waals surface area contributed by atoms with Crippen molar-refractivity contribution in [3.63, 3.8) is 0 Å². The third kappa shape index (κ3) is 3.00. The summed E-state index contributed by atoms with van der Waals surface area (Å²) in [4.78, 5) is 19.7. The minimum absolute atomic E-state index is 0.0398. The van der Waals surface area contributed by atoms with E-state index in [2.05, 4.69) is 15.4 Å². The van der Waals surface area contributed by atoms with Gasteiger partial charge in [0.25, 0.3) is 5.91 Å². The number of carbonyl (C=O) groups is 1.